The fraction of sp³-hybridized carbons (Fsp3) is 0.364. The zero-order valence-electron chi connectivity index (χ0n) is 9.92. The third kappa shape index (κ3) is 5.05. The summed E-state index contributed by atoms with van der Waals surface area (Å²) in [5, 5.41) is 8.43. The number of hydrogen-bond donors (Lipinski definition) is 2. The van der Waals surface area contributed by atoms with Gasteiger partial charge in [0.2, 0.25) is 10.0 Å². The van der Waals surface area contributed by atoms with Crippen molar-refractivity contribution in [1.82, 2.24) is 0 Å². The number of anilines is 1. The fourth-order valence-corrected chi connectivity index (χ4v) is 2.42. The average molecular weight is 273 g/mol. The van der Waals surface area contributed by atoms with E-state index in [1.807, 2.05) is 0 Å². The zero-order chi connectivity index (χ0) is 13.6. The molecule has 1 rings (SSSR count). The van der Waals surface area contributed by atoms with Crippen LogP contribution in [-0.4, -0.2) is 32.4 Å². The lowest BCUT2D eigenvalue weighted by molar-refractivity contribution is -0.137. The third-order valence-corrected chi connectivity index (χ3v) is 3.54. The number of rotatable bonds is 7. The average Bonchev–Trinajstić information content (AvgIpc) is 2.28. The Kier molecular flexibility index (Phi) is 4.96. The maximum atomic E-state index is 11.6. The third-order valence-electron chi connectivity index (χ3n) is 2.17. The van der Waals surface area contributed by atoms with Crippen molar-refractivity contribution >= 4 is 21.7 Å². The first kappa shape index (κ1) is 14.3. The van der Waals surface area contributed by atoms with Crippen molar-refractivity contribution in [3.8, 4) is 5.75 Å². The minimum Gasteiger partial charge on any atom is -0.497 e. The molecule has 100 valence electrons. The number of ether oxygens (including phenoxy) is 1. The minimum absolute atomic E-state index is 0.0841. The van der Waals surface area contributed by atoms with E-state index in [1.54, 1.807) is 24.3 Å². The van der Waals surface area contributed by atoms with Gasteiger partial charge in [0.05, 0.1) is 12.9 Å². The van der Waals surface area contributed by atoms with Gasteiger partial charge in [0.15, 0.2) is 0 Å². The van der Waals surface area contributed by atoms with E-state index in [2.05, 4.69) is 4.72 Å². The van der Waals surface area contributed by atoms with Crippen LogP contribution in [0.1, 0.15) is 12.8 Å². The summed E-state index contributed by atoms with van der Waals surface area (Å²) in [7, 11) is -1.99. The van der Waals surface area contributed by atoms with Gasteiger partial charge in [-0.05, 0) is 30.7 Å². The highest BCUT2D eigenvalue weighted by Gasteiger charge is 2.11. The van der Waals surface area contributed by atoms with Crippen LogP contribution in [-0.2, 0) is 14.8 Å². The van der Waals surface area contributed by atoms with Crippen molar-refractivity contribution in [2.75, 3.05) is 17.6 Å². The Hall–Kier alpha value is -1.76. The SMILES string of the molecule is COc1ccc(NS(=O)(=O)CCCC(=O)O)cc1. The number of nitrogens with one attached hydrogen (secondary N) is 1. The number of carbonyl (C=O) groups is 1. The van der Waals surface area contributed by atoms with Gasteiger partial charge in [-0.25, -0.2) is 8.42 Å². The van der Waals surface area contributed by atoms with E-state index in [9.17, 15) is 13.2 Å². The topological polar surface area (TPSA) is 92.7 Å². The van der Waals surface area contributed by atoms with Crippen molar-refractivity contribution in [1.29, 1.82) is 0 Å². The quantitative estimate of drug-likeness (QED) is 0.781. The second kappa shape index (κ2) is 6.25. The lowest BCUT2D eigenvalue weighted by Crippen LogP contribution is -2.17. The van der Waals surface area contributed by atoms with E-state index in [0.717, 1.165) is 0 Å². The number of aliphatic carboxylic acids is 1. The molecule has 0 aliphatic heterocycles. The van der Waals surface area contributed by atoms with Gasteiger partial charge < -0.3 is 9.84 Å². The molecule has 0 amide bonds. The van der Waals surface area contributed by atoms with Gasteiger partial charge in [-0.2, -0.15) is 0 Å². The number of benzene rings is 1. The van der Waals surface area contributed by atoms with E-state index in [1.165, 1.54) is 7.11 Å². The molecule has 7 heteroatoms. The summed E-state index contributed by atoms with van der Waals surface area (Å²) in [4.78, 5) is 10.3. The Morgan fingerprint density at radius 1 is 1.33 bits per heavy atom. The minimum atomic E-state index is -3.50. The molecule has 0 saturated carbocycles. The summed E-state index contributed by atoms with van der Waals surface area (Å²) in [5.74, 6) is -0.593. The predicted molar refractivity (Wildman–Crippen MR) is 67.3 cm³/mol. The van der Waals surface area contributed by atoms with Crippen molar-refractivity contribution in [3.05, 3.63) is 24.3 Å². The van der Waals surface area contributed by atoms with Crippen LogP contribution in [0.25, 0.3) is 0 Å². The van der Waals surface area contributed by atoms with E-state index in [-0.39, 0.29) is 18.6 Å². The summed E-state index contributed by atoms with van der Waals surface area (Å²) >= 11 is 0. The molecule has 0 unspecified atom stereocenters. The number of hydrogen-bond acceptors (Lipinski definition) is 4. The highest BCUT2D eigenvalue weighted by Crippen LogP contribution is 2.16. The van der Waals surface area contributed by atoms with Crippen molar-refractivity contribution in [2.45, 2.75) is 12.8 Å². The normalized spacial score (nSPS) is 10.9. The molecule has 0 saturated heterocycles. The Bertz CT molecular complexity index is 495. The van der Waals surface area contributed by atoms with Crippen LogP contribution < -0.4 is 9.46 Å². The number of methoxy groups -OCH3 is 1. The Balaban J connectivity index is 2.56. The van der Waals surface area contributed by atoms with Gasteiger partial charge >= 0.3 is 5.97 Å². The maximum absolute atomic E-state index is 11.6. The smallest absolute Gasteiger partial charge is 0.303 e. The summed E-state index contributed by atoms with van der Waals surface area (Å²) in [6.07, 6.45) is -0.0790. The van der Waals surface area contributed by atoms with E-state index >= 15 is 0 Å². The summed E-state index contributed by atoms with van der Waals surface area (Å²) in [5.41, 5.74) is 0.422. The van der Waals surface area contributed by atoms with Crippen molar-refractivity contribution in [3.63, 3.8) is 0 Å². The Labute approximate surface area is 106 Å². The number of carboxylic acid groups (broad SMARTS) is 1. The second-order valence-electron chi connectivity index (χ2n) is 3.65. The van der Waals surface area contributed by atoms with E-state index in [4.69, 9.17) is 9.84 Å². The first-order valence-electron chi connectivity index (χ1n) is 5.29. The van der Waals surface area contributed by atoms with Gasteiger partial charge in [-0.3, -0.25) is 9.52 Å². The number of sulfonamides is 1. The standard InChI is InChI=1S/C11H15NO5S/c1-17-10-6-4-9(5-7-10)12-18(15,16)8-2-3-11(13)14/h4-7,12H,2-3,8H2,1H3,(H,13,14). The molecule has 0 heterocycles. The van der Waals surface area contributed by atoms with Crippen LogP contribution in [0.15, 0.2) is 24.3 Å². The molecule has 0 aromatic heterocycles. The summed E-state index contributed by atoms with van der Waals surface area (Å²) in [6, 6.07) is 6.42. The van der Waals surface area contributed by atoms with Crippen LogP contribution in [0.3, 0.4) is 0 Å². The Morgan fingerprint density at radius 3 is 2.44 bits per heavy atom. The largest absolute Gasteiger partial charge is 0.497 e. The van der Waals surface area contributed by atoms with Gasteiger partial charge in [0.25, 0.3) is 0 Å². The predicted octanol–water partition coefficient (Wildman–Crippen LogP) is 1.30. The maximum Gasteiger partial charge on any atom is 0.303 e. The van der Waals surface area contributed by atoms with Gasteiger partial charge in [0, 0.05) is 12.1 Å². The Morgan fingerprint density at radius 2 is 1.94 bits per heavy atom. The molecule has 0 fully saturated rings. The van der Waals surface area contributed by atoms with Gasteiger partial charge in [-0.15, -0.1) is 0 Å². The van der Waals surface area contributed by atoms with Crippen LogP contribution in [0.2, 0.25) is 0 Å². The molecule has 1 aromatic carbocycles. The lowest BCUT2D eigenvalue weighted by atomic mass is 10.3. The molecule has 6 nitrogen and oxygen atoms in total. The molecule has 2 N–H and O–H groups in total. The molecule has 0 aliphatic carbocycles. The first-order valence-corrected chi connectivity index (χ1v) is 6.94. The zero-order valence-corrected chi connectivity index (χ0v) is 10.7. The van der Waals surface area contributed by atoms with Gasteiger partial charge in [-0.1, -0.05) is 0 Å². The molecule has 0 spiro atoms. The van der Waals surface area contributed by atoms with Crippen molar-refractivity contribution < 1.29 is 23.1 Å². The second-order valence-corrected chi connectivity index (χ2v) is 5.49. The molecular weight excluding hydrogens is 258 g/mol. The molecule has 18 heavy (non-hydrogen) atoms. The molecule has 0 bridgehead atoms. The van der Waals surface area contributed by atoms with Crippen LogP contribution in [0.4, 0.5) is 5.69 Å². The molecule has 1 aromatic rings. The molecule has 0 atom stereocenters. The highest BCUT2D eigenvalue weighted by molar-refractivity contribution is 7.92. The van der Waals surface area contributed by atoms with Crippen LogP contribution >= 0.6 is 0 Å². The lowest BCUT2D eigenvalue weighted by Gasteiger charge is -2.08. The van der Waals surface area contributed by atoms with E-state index < -0.39 is 16.0 Å². The number of carboxylic acids is 1. The summed E-state index contributed by atoms with van der Waals surface area (Å²) in [6.45, 7) is 0. The molecule has 0 aliphatic rings. The van der Waals surface area contributed by atoms with Crippen LogP contribution in [0.5, 0.6) is 5.75 Å². The fourth-order valence-electron chi connectivity index (χ4n) is 1.30. The van der Waals surface area contributed by atoms with E-state index in [0.29, 0.717) is 11.4 Å². The molecular formula is C11H15NO5S. The molecule has 0 radical (unpaired) electrons. The summed E-state index contributed by atoms with van der Waals surface area (Å²) < 4.78 is 30.5. The van der Waals surface area contributed by atoms with Crippen LogP contribution in [0, 0.1) is 0 Å². The first-order chi connectivity index (χ1) is 8.43. The highest BCUT2D eigenvalue weighted by atomic mass is 32.2. The van der Waals surface area contributed by atoms with Gasteiger partial charge in [0.1, 0.15) is 5.75 Å². The van der Waals surface area contributed by atoms with Crippen molar-refractivity contribution in [2.24, 2.45) is 0 Å². The monoisotopic (exact) mass is 273 g/mol.